The number of carbonyl (C=O) groups is 3. The van der Waals surface area contributed by atoms with Crippen molar-refractivity contribution in [1.82, 2.24) is 0 Å². The van der Waals surface area contributed by atoms with Crippen LogP contribution in [0.1, 0.15) is 271 Å². The molecule has 0 aliphatic carbocycles. The minimum Gasteiger partial charge on any atom is -0.462 e. The van der Waals surface area contributed by atoms with E-state index in [4.69, 9.17) is 14.2 Å². The van der Waals surface area contributed by atoms with Crippen molar-refractivity contribution in [2.75, 3.05) is 13.2 Å². The van der Waals surface area contributed by atoms with E-state index in [0.717, 1.165) is 167 Å². The molecule has 4 atom stereocenters. The quantitative estimate of drug-likeness (QED) is 0.0235. The summed E-state index contributed by atoms with van der Waals surface area (Å²) in [4.78, 5) is 38.1. The average Bonchev–Trinajstić information content (AvgIpc) is 3.30. The second-order valence-electron chi connectivity index (χ2n) is 19.0. The van der Waals surface area contributed by atoms with Crippen LogP contribution >= 0.6 is 0 Å². The number of hydrogen-bond donors (Lipinski definition) is 3. The van der Waals surface area contributed by atoms with Crippen LogP contribution in [0.25, 0.3) is 0 Å². The van der Waals surface area contributed by atoms with Gasteiger partial charge in [0, 0.05) is 19.3 Å². The molecule has 0 bridgehead atoms. The lowest BCUT2D eigenvalue weighted by Gasteiger charge is -2.18. The molecule has 0 fully saturated rings. The van der Waals surface area contributed by atoms with Crippen molar-refractivity contribution in [1.29, 1.82) is 0 Å². The fraction of sp³-hybridized carbons (Fsp3) is 0.842. The third-order valence-corrected chi connectivity index (χ3v) is 12.3. The molecule has 3 N–H and O–H groups in total. The van der Waals surface area contributed by atoms with Gasteiger partial charge in [0.25, 0.3) is 0 Å². The number of ether oxygens (including phenoxy) is 3. The lowest BCUT2D eigenvalue weighted by molar-refractivity contribution is -0.167. The zero-order valence-corrected chi connectivity index (χ0v) is 43.1. The van der Waals surface area contributed by atoms with Crippen molar-refractivity contribution in [2.45, 2.75) is 296 Å². The van der Waals surface area contributed by atoms with Crippen molar-refractivity contribution >= 4 is 17.9 Å². The molecule has 0 saturated heterocycles. The molecule has 0 aromatic carbocycles. The van der Waals surface area contributed by atoms with E-state index in [9.17, 15) is 29.7 Å². The van der Waals surface area contributed by atoms with Crippen molar-refractivity contribution in [3.05, 3.63) is 36.5 Å². The molecule has 66 heavy (non-hydrogen) atoms. The van der Waals surface area contributed by atoms with E-state index in [1.165, 1.54) is 57.8 Å². The number of rotatable bonds is 50. The Hall–Kier alpha value is -2.49. The van der Waals surface area contributed by atoms with Crippen LogP contribution in [0, 0.1) is 0 Å². The zero-order valence-electron chi connectivity index (χ0n) is 43.1. The standard InChI is InChI=1S/C57H104O9/c1-4-7-10-31-40-51(58)43-34-25-19-13-16-22-28-37-46-55(61)64-49-54(66-57(63)48-39-30-24-18-15-21-27-36-45-53(60)42-33-12-9-6-3)50-65-56(62)47-38-29-23-17-14-20-26-35-44-52(59)41-32-11-8-5-2/h25-27,34-36,51-54,58-60H,4-24,28-33,37-50H2,1-3H3/b34-25+,35-26+,36-27-/t51-,52+,53-,54?/m1/s1. The largest absolute Gasteiger partial charge is 0.462 e. The summed E-state index contributed by atoms with van der Waals surface area (Å²) in [6.07, 6.45) is 48.9. The van der Waals surface area contributed by atoms with Crippen LogP contribution in [0.2, 0.25) is 0 Å². The van der Waals surface area contributed by atoms with Gasteiger partial charge < -0.3 is 29.5 Å². The first kappa shape index (κ1) is 63.5. The Morgan fingerprint density at radius 1 is 0.364 bits per heavy atom. The second kappa shape index (κ2) is 50.4. The highest BCUT2D eigenvalue weighted by molar-refractivity contribution is 5.71. The summed E-state index contributed by atoms with van der Waals surface area (Å²) in [6, 6.07) is 0. The second-order valence-corrected chi connectivity index (χ2v) is 19.0. The number of hydrogen-bond acceptors (Lipinski definition) is 9. The van der Waals surface area contributed by atoms with Crippen LogP contribution in [-0.2, 0) is 28.6 Å². The SMILES string of the molecule is CCCCCC[C@H](O)C/C=C/CCCCCCCC(=O)OCC(COC(=O)CCCCCCC/C=C/C[C@H](O)CCCCCC)OC(=O)CCCCCCC/C=C\C[C@H](O)CCCCCC. The van der Waals surface area contributed by atoms with Gasteiger partial charge in [-0.05, 0) is 96.3 Å². The molecule has 9 heteroatoms. The van der Waals surface area contributed by atoms with Crippen LogP contribution < -0.4 is 0 Å². The van der Waals surface area contributed by atoms with E-state index in [1.807, 2.05) is 0 Å². The highest BCUT2D eigenvalue weighted by Gasteiger charge is 2.19. The van der Waals surface area contributed by atoms with Gasteiger partial charge in [0.1, 0.15) is 13.2 Å². The lowest BCUT2D eigenvalue weighted by Crippen LogP contribution is -2.30. The van der Waals surface area contributed by atoms with Crippen molar-refractivity contribution in [3.8, 4) is 0 Å². The van der Waals surface area contributed by atoms with Crippen LogP contribution in [-0.4, -0.2) is 70.9 Å². The molecule has 1 unspecified atom stereocenters. The van der Waals surface area contributed by atoms with Gasteiger partial charge in [0.2, 0.25) is 0 Å². The third kappa shape index (κ3) is 48.0. The van der Waals surface area contributed by atoms with Gasteiger partial charge in [-0.2, -0.15) is 0 Å². The molecule has 0 saturated carbocycles. The molecule has 0 heterocycles. The number of allylic oxidation sites excluding steroid dienone is 3. The Morgan fingerprint density at radius 3 is 0.985 bits per heavy atom. The molecule has 0 amide bonds. The topological polar surface area (TPSA) is 140 Å². The minimum atomic E-state index is -0.836. The fourth-order valence-corrected chi connectivity index (χ4v) is 7.95. The van der Waals surface area contributed by atoms with Crippen LogP contribution in [0.15, 0.2) is 36.5 Å². The number of aliphatic hydroxyl groups is 3. The van der Waals surface area contributed by atoms with Crippen LogP contribution in [0.3, 0.4) is 0 Å². The molecule has 0 aliphatic heterocycles. The van der Waals surface area contributed by atoms with Crippen molar-refractivity contribution in [2.24, 2.45) is 0 Å². The summed E-state index contributed by atoms with van der Waals surface area (Å²) in [7, 11) is 0. The predicted molar refractivity (Wildman–Crippen MR) is 274 cm³/mol. The third-order valence-electron chi connectivity index (χ3n) is 12.3. The van der Waals surface area contributed by atoms with E-state index in [0.29, 0.717) is 19.3 Å². The molecular weight excluding hydrogens is 829 g/mol. The van der Waals surface area contributed by atoms with E-state index < -0.39 is 6.10 Å². The monoisotopic (exact) mass is 933 g/mol. The van der Waals surface area contributed by atoms with Crippen LogP contribution in [0.5, 0.6) is 0 Å². The Balaban J connectivity index is 4.51. The summed E-state index contributed by atoms with van der Waals surface area (Å²) in [5.41, 5.74) is 0. The summed E-state index contributed by atoms with van der Waals surface area (Å²) in [5, 5.41) is 30.4. The predicted octanol–water partition coefficient (Wildman–Crippen LogP) is 15.0. The van der Waals surface area contributed by atoms with Crippen molar-refractivity contribution < 1.29 is 43.9 Å². The number of aliphatic hydroxyl groups excluding tert-OH is 3. The van der Waals surface area contributed by atoms with E-state index in [1.54, 1.807) is 0 Å². The van der Waals surface area contributed by atoms with Crippen molar-refractivity contribution in [3.63, 3.8) is 0 Å². The first-order chi connectivity index (χ1) is 32.2. The molecule has 0 aliphatic rings. The highest BCUT2D eigenvalue weighted by Crippen LogP contribution is 2.15. The number of esters is 3. The Labute approximate surface area is 405 Å². The molecule has 9 nitrogen and oxygen atoms in total. The Morgan fingerprint density at radius 2 is 0.652 bits per heavy atom. The molecule has 0 rings (SSSR count). The van der Waals surface area contributed by atoms with E-state index >= 15 is 0 Å². The molecular formula is C57H104O9. The smallest absolute Gasteiger partial charge is 0.306 e. The fourth-order valence-electron chi connectivity index (χ4n) is 7.95. The van der Waals surface area contributed by atoms with Gasteiger partial charge in [0.05, 0.1) is 18.3 Å². The van der Waals surface area contributed by atoms with Gasteiger partial charge >= 0.3 is 17.9 Å². The summed E-state index contributed by atoms with van der Waals surface area (Å²) >= 11 is 0. The van der Waals surface area contributed by atoms with E-state index in [2.05, 4.69) is 57.2 Å². The Bertz CT molecular complexity index is 1110. The molecule has 386 valence electrons. The van der Waals surface area contributed by atoms with Gasteiger partial charge in [-0.1, -0.05) is 192 Å². The van der Waals surface area contributed by atoms with Gasteiger partial charge in [-0.25, -0.2) is 0 Å². The molecule has 0 aromatic heterocycles. The maximum absolute atomic E-state index is 12.8. The van der Waals surface area contributed by atoms with E-state index in [-0.39, 0.29) is 55.9 Å². The summed E-state index contributed by atoms with van der Waals surface area (Å²) in [5.74, 6) is -1.04. The molecule has 0 aromatic rings. The molecule has 0 radical (unpaired) electrons. The zero-order chi connectivity index (χ0) is 48.4. The number of carbonyl (C=O) groups excluding carboxylic acids is 3. The van der Waals surface area contributed by atoms with Crippen LogP contribution in [0.4, 0.5) is 0 Å². The first-order valence-electron chi connectivity index (χ1n) is 27.7. The lowest BCUT2D eigenvalue weighted by atomic mass is 10.1. The number of unbranched alkanes of at least 4 members (excludes halogenated alkanes) is 24. The summed E-state index contributed by atoms with van der Waals surface area (Å²) < 4.78 is 16.7. The minimum absolute atomic E-state index is 0.132. The highest BCUT2D eigenvalue weighted by atomic mass is 16.6. The van der Waals surface area contributed by atoms with Gasteiger partial charge in [0.15, 0.2) is 6.10 Å². The normalized spacial score (nSPS) is 13.7. The first-order valence-corrected chi connectivity index (χ1v) is 27.7. The summed E-state index contributed by atoms with van der Waals surface area (Å²) in [6.45, 7) is 6.33. The Kier molecular flexibility index (Phi) is 48.5. The molecule has 0 spiro atoms. The average molecular weight is 933 g/mol. The van der Waals surface area contributed by atoms with Gasteiger partial charge in [-0.3, -0.25) is 14.4 Å². The maximum Gasteiger partial charge on any atom is 0.306 e. The maximum atomic E-state index is 12.8. The van der Waals surface area contributed by atoms with Gasteiger partial charge in [-0.15, -0.1) is 0 Å².